The van der Waals surface area contributed by atoms with Gasteiger partial charge in [-0.15, -0.1) is 0 Å². The number of ether oxygens (including phenoxy) is 2. The third-order valence-electron chi connectivity index (χ3n) is 4.14. The van der Waals surface area contributed by atoms with E-state index in [9.17, 15) is 4.79 Å². The van der Waals surface area contributed by atoms with Crippen molar-refractivity contribution in [3.63, 3.8) is 0 Å². The van der Waals surface area contributed by atoms with E-state index in [-0.39, 0.29) is 17.7 Å². The fourth-order valence-corrected chi connectivity index (χ4v) is 2.12. The number of hydrogen-bond donors (Lipinski definition) is 0. The Kier molecular flexibility index (Phi) is 7.50. The molecule has 0 heterocycles. The number of hydrogen-bond acceptors (Lipinski definition) is 3. The first kappa shape index (κ1) is 19.2. The first-order valence-electron chi connectivity index (χ1n) is 7.68. The van der Waals surface area contributed by atoms with E-state index in [1.165, 1.54) is 0 Å². The lowest BCUT2D eigenvalue weighted by molar-refractivity contribution is -0.161. The lowest BCUT2D eigenvalue weighted by Crippen LogP contribution is -2.39. The molecule has 3 nitrogen and oxygen atoms in total. The van der Waals surface area contributed by atoms with Crippen molar-refractivity contribution in [2.45, 2.75) is 91.5 Å². The minimum absolute atomic E-state index is 0.0442. The van der Waals surface area contributed by atoms with Gasteiger partial charge in [0.1, 0.15) is 5.60 Å². The van der Waals surface area contributed by atoms with Crippen LogP contribution in [-0.2, 0) is 14.3 Å². The zero-order chi connectivity index (χ0) is 16.0. The Hall–Kier alpha value is -0.830. The topological polar surface area (TPSA) is 35.5 Å². The molecule has 0 rings (SSSR count). The molecule has 0 amide bonds. The Morgan fingerprint density at radius 1 is 1.10 bits per heavy atom. The molecule has 0 bridgehead atoms. The van der Waals surface area contributed by atoms with Crippen molar-refractivity contribution >= 4 is 5.97 Å². The van der Waals surface area contributed by atoms with Gasteiger partial charge in [0.15, 0.2) is 0 Å². The lowest BCUT2D eigenvalue weighted by Gasteiger charge is -2.36. The number of esters is 1. The first-order chi connectivity index (χ1) is 9.11. The molecule has 0 saturated carbocycles. The molecule has 0 N–H and O–H groups in total. The zero-order valence-corrected chi connectivity index (χ0v) is 14.3. The van der Waals surface area contributed by atoms with Crippen LogP contribution in [0.1, 0.15) is 74.1 Å². The minimum atomic E-state index is -0.502. The van der Waals surface area contributed by atoms with Gasteiger partial charge in [-0.2, -0.15) is 0 Å². The molecular formula is C17H32O3. The molecule has 0 aliphatic carbocycles. The van der Waals surface area contributed by atoms with E-state index in [1.807, 2.05) is 20.8 Å². The number of carbonyl (C=O) groups is 1. The molecule has 0 aromatic carbocycles. The van der Waals surface area contributed by atoms with Crippen LogP contribution in [0.25, 0.3) is 0 Å². The van der Waals surface area contributed by atoms with Crippen molar-refractivity contribution in [3.05, 3.63) is 12.2 Å². The Morgan fingerprint density at radius 2 is 1.55 bits per heavy atom. The first-order valence-corrected chi connectivity index (χ1v) is 7.68. The van der Waals surface area contributed by atoms with Gasteiger partial charge in [-0.25, -0.2) is 4.79 Å². The van der Waals surface area contributed by atoms with Gasteiger partial charge >= 0.3 is 5.97 Å². The normalized spacial score (nSPS) is 16.4. The van der Waals surface area contributed by atoms with Crippen LogP contribution in [0.5, 0.6) is 0 Å². The van der Waals surface area contributed by atoms with Crippen LogP contribution >= 0.6 is 0 Å². The van der Waals surface area contributed by atoms with Gasteiger partial charge in [0.25, 0.3) is 0 Å². The summed E-state index contributed by atoms with van der Waals surface area (Å²) >= 11 is 0. The standard InChI is InChI=1S/C17H32O3/c1-9-16(7,10-2)19-14(6)12-17(8,11-3)20-15(18)13(4)5/h14H,4,9-12H2,1-3,5-8H3. The van der Waals surface area contributed by atoms with Crippen LogP contribution in [0.4, 0.5) is 0 Å². The maximum atomic E-state index is 11.7. The van der Waals surface area contributed by atoms with Crippen LogP contribution in [0.2, 0.25) is 0 Å². The summed E-state index contributed by atoms with van der Waals surface area (Å²) in [5.41, 5.74) is -0.172. The fraction of sp³-hybridized carbons (Fsp3) is 0.824. The Morgan fingerprint density at radius 3 is 1.90 bits per heavy atom. The number of rotatable bonds is 9. The second kappa shape index (κ2) is 7.82. The highest BCUT2D eigenvalue weighted by molar-refractivity contribution is 5.87. The average molecular weight is 284 g/mol. The second-order valence-corrected chi connectivity index (χ2v) is 6.26. The van der Waals surface area contributed by atoms with Gasteiger partial charge in [0.05, 0.1) is 11.7 Å². The van der Waals surface area contributed by atoms with Gasteiger partial charge in [0, 0.05) is 12.0 Å². The quantitative estimate of drug-likeness (QED) is 0.457. The zero-order valence-electron chi connectivity index (χ0n) is 14.3. The second-order valence-electron chi connectivity index (χ2n) is 6.26. The van der Waals surface area contributed by atoms with Crippen LogP contribution in [0, 0.1) is 0 Å². The van der Waals surface area contributed by atoms with E-state index in [0.29, 0.717) is 12.0 Å². The van der Waals surface area contributed by atoms with Gasteiger partial charge in [-0.1, -0.05) is 27.4 Å². The molecule has 3 heteroatoms. The largest absolute Gasteiger partial charge is 0.456 e. The summed E-state index contributed by atoms with van der Waals surface area (Å²) in [6, 6.07) is 0. The van der Waals surface area contributed by atoms with E-state index >= 15 is 0 Å². The van der Waals surface area contributed by atoms with Gasteiger partial charge in [-0.05, 0) is 47.0 Å². The maximum Gasteiger partial charge on any atom is 0.333 e. The van der Waals surface area contributed by atoms with Gasteiger partial charge in [-0.3, -0.25) is 0 Å². The summed E-state index contributed by atoms with van der Waals surface area (Å²) in [6.45, 7) is 17.7. The molecule has 0 aromatic heterocycles. The molecule has 0 aromatic rings. The summed E-state index contributed by atoms with van der Waals surface area (Å²) in [6.07, 6.45) is 3.44. The monoisotopic (exact) mass is 284 g/mol. The molecule has 0 aliphatic heterocycles. The van der Waals surface area contributed by atoms with Crippen LogP contribution in [0.15, 0.2) is 12.2 Å². The summed E-state index contributed by atoms with van der Waals surface area (Å²) in [5.74, 6) is -0.324. The summed E-state index contributed by atoms with van der Waals surface area (Å²) < 4.78 is 11.7. The Bertz CT molecular complexity index is 331. The predicted molar refractivity (Wildman–Crippen MR) is 83.8 cm³/mol. The average Bonchev–Trinajstić information content (AvgIpc) is 2.37. The summed E-state index contributed by atoms with van der Waals surface area (Å²) in [7, 11) is 0. The summed E-state index contributed by atoms with van der Waals surface area (Å²) in [5, 5.41) is 0. The Balaban J connectivity index is 4.70. The van der Waals surface area contributed by atoms with Gasteiger partial charge < -0.3 is 9.47 Å². The van der Waals surface area contributed by atoms with Gasteiger partial charge in [0.2, 0.25) is 0 Å². The molecule has 20 heavy (non-hydrogen) atoms. The van der Waals surface area contributed by atoms with E-state index in [4.69, 9.17) is 9.47 Å². The molecule has 0 spiro atoms. The number of carbonyl (C=O) groups excluding carboxylic acids is 1. The highest BCUT2D eigenvalue weighted by Crippen LogP contribution is 2.28. The maximum absolute atomic E-state index is 11.7. The third-order valence-corrected chi connectivity index (χ3v) is 4.14. The minimum Gasteiger partial charge on any atom is -0.456 e. The molecular weight excluding hydrogens is 252 g/mol. The highest BCUT2D eigenvalue weighted by Gasteiger charge is 2.32. The van der Waals surface area contributed by atoms with E-state index in [2.05, 4.69) is 27.4 Å². The molecule has 2 unspecified atom stereocenters. The lowest BCUT2D eigenvalue weighted by atomic mass is 9.94. The molecule has 0 saturated heterocycles. The molecule has 0 radical (unpaired) electrons. The van der Waals surface area contributed by atoms with E-state index in [1.54, 1.807) is 6.92 Å². The molecule has 0 aliphatic rings. The van der Waals surface area contributed by atoms with E-state index < -0.39 is 5.60 Å². The molecule has 118 valence electrons. The van der Waals surface area contributed by atoms with E-state index in [0.717, 1.165) is 19.3 Å². The summed E-state index contributed by atoms with van der Waals surface area (Å²) in [4.78, 5) is 11.7. The van der Waals surface area contributed by atoms with Crippen molar-refractivity contribution in [1.29, 1.82) is 0 Å². The molecule has 0 fully saturated rings. The van der Waals surface area contributed by atoms with Crippen LogP contribution in [-0.4, -0.2) is 23.3 Å². The van der Waals surface area contributed by atoms with Crippen LogP contribution in [0.3, 0.4) is 0 Å². The Labute approximate surface area is 124 Å². The SMILES string of the molecule is C=C(C)C(=O)OC(C)(CC)CC(C)OC(C)(CC)CC. The fourth-order valence-electron chi connectivity index (χ4n) is 2.12. The predicted octanol–water partition coefficient (Wildman–Crippen LogP) is 4.65. The van der Waals surface area contributed by atoms with Crippen molar-refractivity contribution in [1.82, 2.24) is 0 Å². The van der Waals surface area contributed by atoms with Crippen molar-refractivity contribution in [3.8, 4) is 0 Å². The smallest absolute Gasteiger partial charge is 0.333 e. The third kappa shape index (κ3) is 6.08. The molecule has 2 atom stereocenters. The van der Waals surface area contributed by atoms with Crippen molar-refractivity contribution < 1.29 is 14.3 Å². The van der Waals surface area contributed by atoms with Crippen molar-refractivity contribution in [2.24, 2.45) is 0 Å². The van der Waals surface area contributed by atoms with Crippen LogP contribution < -0.4 is 0 Å². The van der Waals surface area contributed by atoms with Crippen molar-refractivity contribution in [2.75, 3.05) is 0 Å². The highest BCUT2D eigenvalue weighted by atomic mass is 16.6.